The van der Waals surface area contributed by atoms with Gasteiger partial charge in [-0.2, -0.15) is 0 Å². The largest absolute Gasteiger partial charge is 0.507 e. The van der Waals surface area contributed by atoms with E-state index in [1.165, 1.54) is 18.2 Å². The number of anilines is 1. The van der Waals surface area contributed by atoms with E-state index in [0.717, 1.165) is 16.2 Å². The molecule has 9 heteroatoms. The topological polar surface area (TPSA) is 92.6 Å². The molecule has 0 aliphatic carbocycles. The van der Waals surface area contributed by atoms with Gasteiger partial charge in [0.15, 0.2) is 0 Å². The van der Waals surface area contributed by atoms with Gasteiger partial charge in [-0.1, -0.05) is 29.5 Å². The highest BCUT2D eigenvalue weighted by Gasteiger charge is 2.49. The van der Waals surface area contributed by atoms with E-state index < -0.39 is 29.3 Å². The number of ketones is 1. The molecular weight excluding hydrogens is 433 g/mol. The molecule has 1 N–H and O–H groups in total. The predicted molar refractivity (Wildman–Crippen MR) is 118 cm³/mol. The first kappa shape index (κ1) is 21.6. The molecule has 0 saturated carbocycles. The number of carbonyl (C=O) groups excluding carboxylic acids is 2. The fourth-order valence-electron chi connectivity index (χ4n) is 3.52. The number of carbonyl (C=O) groups is 2. The van der Waals surface area contributed by atoms with Gasteiger partial charge >= 0.3 is 5.91 Å². The predicted octanol–water partition coefficient (Wildman–Crippen LogP) is 4.40. The molecule has 4 rings (SSSR count). The molecule has 32 heavy (non-hydrogen) atoms. The highest BCUT2D eigenvalue weighted by molar-refractivity contribution is 7.15. The number of rotatable bonds is 5. The van der Waals surface area contributed by atoms with Gasteiger partial charge in [0.05, 0.1) is 11.7 Å². The van der Waals surface area contributed by atoms with E-state index in [0.29, 0.717) is 16.3 Å². The Kier molecular flexibility index (Phi) is 5.75. The van der Waals surface area contributed by atoms with Gasteiger partial charge in [0.25, 0.3) is 5.78 Å². The summed E-state index contributed by atoms with van der Waals surface area (Å²) >= 11 is 1.10. The molecule has 0 radical (unpaired) electrons. The van der Waals surface area contributed by atoms with Crippen LogP contribution in [0.3, 0.4) is 0 Å². The van der Waals surface area contributed by atoms with Crippen LogP contribution >= 0.6 is 11.3 Å². The van der Waals surface area contributed by atoms with Crippen LogP contribution in [0.5, 0.6) is 5.75 Å². The number of aliphatic hydroxyl groups is 1. The summed E-state index contributed by atoms with van der Waals surface area (Å²) in [6, 6.07) is 11.1. The van der Waals surface area contributed by atoms with Crippen molar-refractivity contribution in [2.45, 2.75) is 32.9 Å². The molecule has 0 unspecified atom stereocenters. The second-order valence-corrected chi connectivity index (χ2v) is 8.65. The molecule has 1 aromatic heterocycles. The lowest BCUT2D eigenvalue weighted by Gasteiger charge is -2.22. The van der Waals surface area contributed by atoms with Crippen LogP contribution in [0.2, 0.25) is 0 Å². The number of halogens is 1. The van der Waals surface area contributed by atoms with Crippen molar-refractivity contribution < 1.29 is 23.8 Å². The number of aryl methyl sites for hydroxylation is 1. The minimum Gasteiger partial charge on any atom is -0.507 e. The maximum atomic E-state index is 14.8. The van der Waals surface area contributed by atoms with Crippen LogP contribution in [0.1, 0.15) is 36.0 Å². The Labute approximate surface area is 187 Å². The van der Waals surface area contributed by atoms with E-state index in [9.17, 15) is 19.1 Å². The quantitative estimate of drug-likeness (QED) is 0.350. The molecule has 7 nitrogen and oxygen atoms in total. The van der Waals surface area contributed by atoms with Gasteiger partial charge in [-0.3, -0.25) is 14.5 Å². The Hall–Kier alpha value is -3.59. The van der Waals surface area contributed by atoms with E-state index in [-0.39, 0.29) is 22.4 Å². The van der Waals surface area contributed by atoms with Crippen LogP contribution in [0.15, 0.2) is 54.1 Å². The maximum absolute atomic E-state index is 14.8. The lowest BCUT2D eigenvalue weighted by Crippen LogP contribution is -2.29. The molecule has 0 bridgehead atoms. The Bertz CT molecular complexity index is 1220. The molecule has 1 fully saturated rings. The molecule has 1 amide bonds. The lowest BCUT2D eigenvalue weighted by molar-refractivity contribution is -0.132. The molecule has 2 heterocycles. The summed E-state index contributed by atoms with van der Waals surface area (Å²) in [6.45, 7) is 5.48. The van der Waals surface area contributed by atoms with E-state index in [1.54, 1.807) is 37.3 Å². The Morgan fingerprint density at radius 2 is 1.81 bits per heavy atom. The average molecular weight is 453 g/mol. The minimum absolute atomic E-state index is 0.0313. The summed E-state index contributed by atoms with van der Waals surface area (Å²) in [5.74, 6) is -2.26. The summed E-state index contributed by atoms with van der Waals surface area (Å²) in [7, 11) is 0. The molecular formula is C23H20FN3O4S. The van der Waals surface area contributed by atoms with Crippen LogP contribution in [0, 0.1) is 12.7 Å². The number of aliphatic hydroxyl groups excluding tert-OH is 1. The fraction of sp³-hybridized carbons (Fsp3) is 0.217. The van der Waals surface area contributed by atoms with E-state index in [4.69, 9.17) is 4.74 Å². The molecule has 1 aliphatic rings. The van der Waals surface area contributed by atoms with Gasteiger partial charge in [0.1, 0.15) is 28.4 Å². The lowest BCUT2D eigenvalue weighted by atomic mass is 9.95. The second-order valence-electron chi connectivity index (χ2n) is 7.49. The standard InChI is InChI=1S/C23H20FN3O4S/c1-12(2)31-15-10-8-14(9-11-15)20(28)18-19(16-6-4-5-7-17(16)24)27(22(30)21(18)29)23-26-25-13(3)32-23/h4-12,19,28H,1-3H3/b20-18+/t19-/m0/s1. The Balaban J connectivity index is 1.87. The molecule has 1 aliphatic heterocycles. The summed E-state index contributed by atoms with van der Waals surface area (Å²) in [4.78, 5) is 27.1. The first-order chi connectivity index (χ1) is 15.3. The van der Waals surface area contributed by atoms with Crippen LogP contribution in [0.4, 0.5) is 9.52 Å². The van der Waals surface area contributed by atoms with Crippen LogP contribution in [-0.4, -0.2) is 33.1 Å². The number of hydrogen-bond donors (Lipinski definition) is 1. The van der Waals surface area contributed by atoms with Crippen molar-refractivity contribution in [1.29, 1.82) is 0 Å². The van der Waals surface area contributed by atoms with Crippen molar-refractivity contribution in [2.24, 2.45) is 0 Å². The highest BCUT2D eigenvalue weighted by Crippen LogP contribution is 2.43. The third-order valence-electron chi connectivity index (χ3n) is 4.87. The fourth-order valence-corrected chi connectivity index (χ4v) is 4.24. The van der Waals surface area contributed by atoms with Gasteiger partial charge in [-0.25, -0.2) is 4.39 Å². The minimum atomic E-state index is -1.19. The van der Waals surface area contributed by atoms with Crippen LogP contribution in [-0.2, 0) is 9.59 Å². The van der Waals surface area contributed by atoms with Crippen LogP contribution < -0.4 is 9.64 Å². The number of ether oxygens (including phenoxy) is 1. The highest BCUT2D eigenvalue weighted by atomic mass is 32.1. The van der Waals surface area contributed by atoms with Crippen molar-refractivity contribution >= 4 is 33.9 Å². The van der Waals surface area contributed by atoms with Crippen molar-refractivity contribution in [3.8, 4) is 5.75 Å². The molecule has 2 aromatic carbocycles. The van der Waals surface area contributed by atoms with E-state index in [1.807, 2.05) is 13.8 Å². The third kappa shape index (κ3) is 3.87. The summed E-state index contributed by atoms with van der Waals surface area (Å²) in [6.07, 6.45) is -0.0313. The smallest absolute Gasteiger partial charge is 0.301 e. The van der Waals surface area contributed by atoms with E-state index in [2.05, 4.69) is 10.2 Å². The number of benzene rings is 2. The third-order valence-corrected chi connectivity index (χ3v) is 5.70. The molecule has 0 spiro atoms. The first-order valence-electron chi connectivity index (χ1n) is 9.90. The van der Waals surface area contributed by atoms with Crippen LogP contribution in [0.25, 0.3) is 5.76 Å². The Morgan fingerprint density at radius 3 is 2.41 bits per heavy atom. The average Bonchev–Trinajstić information content (AvgIpc) is 3.29. The zero-order valence-corrected chi connectivity index (χ0v) is 18.4. The number of amides is 1. The molecule has 3 aromatic rings. The number of hydrogen-bond acceptors (Lipinski definition) is 7. The van der Waals surface area contributed by atoms with E-state index >= 15 is 0 Å². The number of nitrogens with zero attached hydrogens (tertiary/aromatic N) is 3. The SMILES string of the molecule is Cc1nnc(N2C(=O)C(=O)/C(=C(/O)c3ccc(OC(C)C)cc3)[C@@H]2c2ccccc2F)s1. The number of aromatic nitrogens is 2. The zero-order chi connectivity index (χ0) is 23.0. The monoisotopic (exact) mass is 453 g/mol. The van der Waals surface area contributed by atoms with Gasteiger partial charge in [-0.15, -0.1) is 10.2 Å². The first-order valence-corrected chi connectivity index (χ1v) is 10.7. The van der Waals surface area contributed by atoms with Crippen molar-refractivity contribution in [3.63, 3.8) is 0 Å². The van der Waals surface area contributed by atoms with Gasteiger partial charge < -0.3 is 9.84 Å². The molecule has 1 saturated heterocycles. The summed E-state index contributed by atoms with van der Waals surface area (Å²) < 4.78 is 20.4. The summed E-state index contributed by atoms with van der Waals surface area (Å²) in [5, 5.41) is 19.7. The van der Waals surface area contributed by atoms with Crippen molar-refractivity contribution in [1.82, 2.24) is 10.2 Å². The van der Waals surface area contributed by atoms with Gasteiger partial charge in [-0.05, 0) is 51.1 Å². The summed E-state index contributed by atoms with van der Waals surface area (Å²) in [5.41, 5.74) is 0.153. The van der Waals surface area contributed by atoms with Gasteiger partial charge in [0.2, 0.25) is 5.13 Å². The molecule has 1 atom stereocenters. The maximum Gasteiger partial charge on any atom is 0.301 e. The number of Topliss-reactive ketones (excluding diaryl/α,β-unsaturated/α-hetero) is 1. The normalized spacial score (nSPS) is 17.9. The Morgan fingerprint density at radius 1 is 1.12 bits per heavy atom. The second kappa shape index (κ2) is 8.51. The van der Waals surface area contributed by atoms with Crippen molar-refractivity contribution in [2.75, 3.05) is 4.90 Å². The zero-order valence-electron chi connectivity index (χ0n) is 17.6. The van der Waals surface area contributed by atoms with Gasteiger partial charge in [0, 0.05) is 11.1 Å². The van der Waals surface area contributed by atoms with Crippen molar-refractivity contribution in [3.05, 3.63) is 76.1 Å². The molecule has 164 valence electrons.